The summed E-state index contributed by atoms with van der Waals surface area (Å²) in [4.78, 5) is -0.0708. The summed E-state index contributed by atoms with van der Waals surface area (Å²) in [5.74, 6) is -0.195. The Hall–Kier alpha value is -2.23. The Kier molecular flexibility index (Phi) is 4.07. The minimum Gasteiger partial charge on any atom is -0.505 e. The first-order valence-corrected chi connectivity index (χ1v) is 7.71. The van der Waals surface area contributed by atoms with Crippen molar-refractivity contribution in [3.05, 3.63) is 52.5 Å². The molecule has 7 heteroatoms. The van der Waals surface area contributed by atoms with Gasteiger partial charge in [-0.05, 0) is 42.8 Å². The van der Waals surface area contributed by atoms with Crippen molar-refractivity contribution in [2.24, 2.45) is 0 Å². The molecule has 0 amide bonds. The number of phenols is 1. The second-order valence-electron chi connectivity index (χ2n) is 4.36. The van der Waals surface area contributed by atoms with Gasteiger partial charge < -0.3 is 5.11 Å². The molecule has 2 aromatic rings. The van der Waals surface area contributed by atoms with Crippen LogP contribution in [0.3, 0.4) is 0 Å². The van der Waals surface area contributed by atoms with Crippen LogP contribution >= 0.6 is 11.6 Å². The van der Waals surface area contributed by atoms with Gasteiger partial charge in [0.1, 0.15) is 5.75 Å². The molecule has 0 unspecified atom stereocenters. The van der Waals surface area contributed by atoms with E-state index in [1.54, 1.807) is 6.92 Å². The zero-order valence-electron chi connectivity index (χ0n) is 11.0. The average Bonchev–Trinajstić information content (AvgIpc) is 2.44. The summed E-state index contributed by atoms with van der Waals surface area (Å²) in [6.07, 6.45) is 0. The number of hydrogen-bond donors (Lipinski definition) is 2. The molecule has 0 aliphatic carbocycles. The van der Waals surface area contributed by atoms with E-state index in [1.165, 1.54) is 36.4 Å². The minimum atomic E-state index is -3.92. The van der Waals surface area contributed by atoms with Crippen molar-refractivity contribution in [1.29, 1.82) is 5.26 Å². The molecular weight excluding hydrogens is 312 g/mol. The molecule has 5 nitrogen and oxygen atoms in total. The summed E-state index contributed by atoms with van der Waals surface area (Å²) < 4.78 is 26.8. The number of sulfonamides is 1. The van der Waals surface area contributed by atoms with Gasteiger partial charge in [0.15, 0.2) is 0 Å². The number of nitrogens with zero attached hydrogens (tertiary/aromatic N) is 1. The third-order valence-corrected chi connectivity index (χ3v) is 4.36. The highest BCUT2D eigenvalue weighted by Gasteiger charge is 2.17. The lowest BCUT2D eigenvalue weighted by Crippen LogP contribution is -2.13. The molecule has 21 heavy (non-hydrogen) atoms. The van der Waals surface area contributed by atoms with Crippen LogP contribution in [0.2, 0.25) is 5.02 Å². The number of nitrogens with one attached hydrogen (secondary N) is 1. The smallest absolute Gasteiger partial charge is 0.262 e. The lowest BCUT2D eigenvalue weighted by Gasteiger charge is -2.11. The fourth-order valence-electron chi connectivity index (χ4n) is 1.75. The number of phenolic OH excluding ortho intramolecular Hbond substituents is 1. The van der Waals surface area contributed by atoms with Gasteiger partial charge in [-0.1, -0.05) is 17.7 Å². The maximum absolute atomic E-state index is 12.3. The van der Waals surface area contributed by atoms with Crippen molar-refractivity contribution in [2.45, 2.75) is 11.8 Å². The van der Waals surface area contributed by atoms with Crippen molar-refractivity contribution in [1.82, 2.24) is 0 Å². The third kappa shape index (κ3) is 3.27. The van der Waals surface area contributed by atoms with Crippen LogP contribution in [0, 0.1) is 18.3 Å². The Morgan fingerprint density at radius 2 is 2.00 bits per heavy atom. The Balaban J connectivity index is 2.45. The molecule has 0 aliphatic rings. The summed E-state index contributed by atoms with van der Waals surface area (Å²) in [6, 6.07) is 10.3. The first kappa shape index (κ1) is 15.2. The van der Waals surface area contributed by atoms with Gasteiger partial charge in [-0.3, -0.25) is 4.72 Å². The molecule has 0 bridgehead atoms. The Morgan fingerprint density at radius 3 is 2.67 bits per heavy atom. The monoisotopic (exact) mass is 322 g/mol. The van der Waals surface area contributed by atoms with E-state index in [2.05, 4.69) is 4.72 Å². The van der Waals surface area contributed by atoms with E-state index >= 15 is 0 Å². The number of hydrogen-bond acceptors (Lipinski definition) is 4. The lowest BCUT2D eigenvalue weighted by molar-refractivity contribution is 0.473. The molecule has 2 aromatic carbocycles. The van der Waals surface area contributed by atoms with Crippen molar-refractivity contribution in [2.75, 3.05) is 4.72 Å². The van der Waals surface area contributed by atoms with Crippen LogP contribution in [0.15, 0.2) is 41.3 Å². The highest BCUT2D eigenvalue weighted by atomic mass is 35.5. The highest BCUT2D eigenvalue weighted by molar-refractivity contribution is 7.92. The molecule has 2 N–H and O–H groups in total. The molecule has 108 valence electrons. The van der Waals surface area contributed by atoms with Crippen LogP contribution < -0.4 is 4.72 Å². The highest BCUT2D eigenvalue weighted by Crippen LogP contribution is 2.32. The van der Waals surface area contributed by atoms with E-state index in [9.17, 15) is 13.5 Å². The third-order valence-electron chi connectivity index (χ3n) is 2.78. The van der Waals surface area contributed by atoms with Crippen LogP contribution in [-0.2, 0) is 10.0 Å². The Morgan fingerprint density at radius 1 is 1.29 bits per heavy atom. The molecule has 0 spiro atoms. The van der Waals surface area contributed by atoms with E-state index in [4.69, 9.17) is 16.9 Å². The standard InChI is InChI=1S/C14H11ClN2O3S/c1-9-5-11(15)7-13(14(9)18)17-21(19,20)12-4-2-3-10(6-12)8-16/h2-7,17-18H,1H3. The van der Waals surface area contributed by atoms with Crippen molar-refractivity contribution in [3.8, 4) is 11.8 Å². The molecule has 0 aromatic heterocycles. The number of halogens is 1. The second-order valence-corrected chi connectivity index (χ2v) is 6.48. The van der Waals surface area contributed by atoms with Crippen molar-refractivity contribution < 1.29 is 13.5 Å². The number of nitriles is 1. The molecule has 0 radical (unpaired) electrons. The van der Waals surface area contributed by atoms with Gasteiger partial charge >= 0.3 is 0 Å². The number of aromatic hydroxyl groups is 1. The van der Waals surface area contributed by atoms with Crippen molar-refractivity contribution >= 4 is 27.3 Å². The van der Waals surface area contributed by atoms with Gasteiger partial charge in [-0.15, -0.1) is 0 Å². The fourth-order valence-corrected chi connectivity index (χ4v) is 3.13. The predicted molar refractivity (Wildman–Crippen MR) is 79.8 cm³/mol. The SMILES string of the molecule is Cc1cc(Cl)cc(NS(=O)(=O)c2cccc(C#N)c2)c1O. The van der Waals surface area contributed by atoms with Gasteiger partial charge in [0.25, 0.3) is 10.0 Å². The number of anilines is 1. The summed E-state index contributed by atoms with van der Waals surface area (Å²) in [5, 5.41) is 19.0. The first-order valence-electron chi connectivity index (χ1n) is 5.85. The van der Waals surface area contributed by atoms with E-state index in [-0.39, 0.29) is 21.9 Å². The van der Waals surface area contributed by atoms with Crippen LogP contribution in [0.5, 0.6) is 5.75 Å². The van der Waals surface area contributed by atoms with Crippen LogP contribution in [-0.4, -0.2) is 13.5 Å². The second kappa shape index (κ2) is 5.64. The van der Waals surface area contributed by atoms with E-state index in [0.717, 1.165) is 0 Å². The zero-order chi connectivity index (χ0) is 15.6. The molecular formula is C14H11ClN2O3S. The predicted octanol–water partition coefficient (Wildman–Crippen LogP) is 3.03. The van der Waals surface area contributed by atoms with E-state index in [0.29, 0.717) is 10.6 Å². The topological polar surface area (TPSA) is 90.2 Å². The molecule has 0 saturated heterocycles. The molecule has 2 rings (SSSR count). The maximum Gasteiger partial charge on any atom is 0.262 e. The largest absolute Gasteiger partial charge is 0.505 e. The normalized spacial score (nSPS) is 10.9. The zero-order valence-corrected chi connectivity index (χ0v) is 12.5. The van der Waals surface area contributed by atoms with Crippen LogP contribution in [0.25, 0.3) is 0 Å². The average molecular weight is 323 g/mol. The number of aryl methyl sites for hydroxylation is 1. The van der Waals surface area contributed by atoms with Gasteiger partial charge in [0.05, 0.1) is 22.2 Å². The lowest BCUT2D eigenvalue weighted by atomic mass is 10.2. The minimum absolute atomic E-state index is 0.0117. The molecule has 0 fully saturated rings. The summed E-state index contributed by atoms with van der Waals surface area (Å²) in [5.41, 5.74) is 0.665. The number of rotatable bonds is 3. The van der Waals surface area contributed by atoms with Gasteiger partial charge in [-0.25, -0.2) is 8.42 Å². The van der Waals surface area contributed by atoms with Crippen LogP contribution in [0.1, 0.15) is 11.1 Å². The fraction of sp³-hybridized carbons (Fsp3) is 0.0714. The van der Waals surface area contributed by atoms with Gasteiger partial charge in [0.2, 0.25) is 0 Å². The summed E-state index contributed by atoms with van der Waals surface area (Å²) in [6.45, 7) is 1.61. The van der Waals surface area contributed by atoms with E-state index in [1.807, 2.05) is 6.07 Å². The van der Waals surface area contributed by atoms with Crippen molar-refractivity contribution in [3.63, 3.8) is 0 Å². The number of benzene rings is 2. The molecule has 0 saturated carbocycles. The maximum atomic E-state index is 12.3. The summed E-state index contributed by atoms with van der Waals surface area (Å²) >= 11 is 5.86. The Bertz CT molecular complexity index is 842. The van der Waals surface area contributed by atoms with Gasteiger partial charge in [-0.2, -0.15) is 5.26 Å². The Labute approximate surface area is 127 Å². The van der Waals surface area contributed by atoms with E-state index < -0.39 is 10.0 Å². The molecule has 0 heterocycles. The molecule has 0 atom stereocenters. The summed E-state index contributed by atoms with van der Waals surface area (Å²) in [7, 11) is -3.92. The first-order chi connectivity index (χ1) is 9.83. The van der Waals surface area contributed by atoms with Crippen LogP contribution in [0.4, 0.5) is 5.69 Å². The molecule has 0 aliphatic heterocycles. The quantitative estimate of drug-likeness (QED) is 0.850. The van der Waals surface area contributed by atoms with Gasteiger partial charge in [0, 0.05) is 5.02 Å².